The summed E-state index contributed by atoms with van der Waals surface area (Å²) in [6.45, 7) is 8.19. The minimum absolute atomic E-state index is 0.240. The predicted molar refractivity (Wildman–Crippen MR) is 54.4 cm³/mol. The van der Waals surface area contributed by atoms with E-state index in [9.17, 15) is 4.79 Å². The van der Waals surface area contributed by atoms with Crippen molar-refractivity contribution in [3.05, 3.63) is 0 Å². The zero-order valence-electron chi connectivity index (χ0n) is 9.05. The summed E-state index contributed by atoms with van der Waals surface area (Å²) in [5.41, 5.74) is 0. The van der Waals surface area contributed by atoms with E-state index >= 15 is 0 Å². The van der Waals surface area contributed by atoms with Crippen molar-refractivity contribution >= 4 is 5.91 Å². The summed E-state index contributed by atoms with van der Waals surface area (Å²) in [5.74, 6) is 1.83. The lowest BCUT2D eigenvalue weighted by atomic mass is 9.89. The Morgan fingerprint density at radius 3 is 2.54 bits per heavy atom. The molecule has 2 nitrogen and oxygen atoms in total. The standard InChI is InChI=1S/C11H21NO/c1-9(2)11-5-4-7-12(8-6-11)10(3)13/h9,11H,4-8H2,1-3H3. The molecule has 0 aliphatic carbocycles. The normalized spacial score (nSPS) is 24.6. The summed E-state index contributed by atoms with van der Waals surface area (Å²) in [5, 5.41) is 0. The highest BCUT2D eigenvalue weighted by atomic mass is 16.2. The molecule has 76 valence electrons. The lowest BCUT2D eigenvalue weighted by molar-refractivity contribution is -0.128. The number of hydrogen-bond donors (Lipinski definition) is 0. The van der Waals surface area contributed by atoms with Crippen molar-refractivity contribution in [2.45, 2.75) is 40.0 Å². The van der Waals surface area contributed by atoms with E-state index in [4.69, 9.17) is 0 Å². The van der Waals surface area contributed by atoms with Gasteiger partial charge >= 0.3 is 0 Å². The van der Waals surface area contributed by atoms with Crippen molar-refractivity contribution in [3.63, 3.8) is 0 Å². The van der Waals surface area contributed by atoms with Crippen molar-refractivity contribution in [3.8, 4) is 0 Å². The molecule has 0 aromatic heterocycles. The van der Waals surface area contributed by atoms with Crippen molar-refractivity contribution in [2.24, 2.45) is 11.8 Å². The van der Waals surface area contributed by atoms with Gasteiger partial charge in [0.15, 0.2) is 0 Å². The maximum Gasteiger partial charge on any atom is 0.219 e. The Labute approximate surface area is 81.3 Å². The Balaban J connectivity index is 2.44. The highest BCUT2D eigenvalue weighted by Gasteiger charge is 2.20. The highest BCUT2D eigenvalue weighted by Crippen LogP contribution is 2.24. The van der Waals surface area contributed by atoms with Crippen LogP contribution >= 0.6 is 0 Å². The van der Waals surface area contributed by atoms with Crippen LogP contribution in [0, 0.1) is 11.8 Å². The quantitative estimate of drug-likeness (QED) is 0.611. The zero-order chi connectivity index (χ0) is 9.84. The number of carbonyl (C=O) groups is 1. The summed E-state index contributed by atoms with van der Waals surface area (Å²) in [6, 6.07) is 0. The van der Waals surface area contributed by atoms with E-state index in [-0.39, 0.29) is 5.91 Å². The fourth-order valence-corrected chi connectivity index (χ4v) is 2.10. The first-order valence-corrected chi connectivity index (χ1v) is 5.36. The molecule has 1 heterocycles. The molecule has 1 saturated heterocycles. The summed E-state index contributed by atoms with van der Waals surface area (Å²) >= 11 is 0. The van der Waals surface area contributed by atoms with Crippen LogP contribution in [0.15, 0.2) is 0 Å². The van der Waals surface area contributed by atoms with E-state index in [1.165, 1.54) is 19.3 Å². The van der Waals surface area contributed by atoms with Crippen LogP contribution in [0.5, 0.6) is 0 Å². The molecule has 1 fully saturated rings. The predicted octanol–water partition coefficient (Wildman–Crippen LogP) is 2.29. The maximum absolute atomic E-state index is 11.2. The molecule has 0 saturated carbocycles. The molecule has 1 aliphatic heterocycles. The first kappa shape index (κ1) is 10.6. The Hall–Kier alpha value is -0.530. The van der Waals surface area contributed by atoms with Gasteiger partial charge in [-0.05, 0) is 31.1 Å². The molecule has 1 unspecified atom stereocenters. The van der Waals surface area contributed by atoms with Crippen molar-refractivity contribution in [1.82, 2.24) is 4.90 Å². The van der Waals surface area contributed by atoms with Crippen LogP contribution in [0.4, 0.5) is 0 Å². The van der Waals surface area contributed by atoms with Gasteiger partial charge in [-0.15, -0.1) is 0 Å². The van der Waals surface area contributed by atoms with E-state index in [0.717, 1.165) is 24.9 Å². The van der Waals surface area contributed by atoms with Crippen LogP contribution in [0.2, 0.25) is 0 Å². The summed E-state index contributed by atoms with van der Waals surface area (Å²) in [7, 11) is 0. The Morgan fingerprint density at radius 2 is 2.00 bits per heavy atom. The van der Waals surface area contributed by atoms with Crippen LogP contribution in [-0.2, 0) is 4.79 Å². The highest BCUT2D eigenvalue weighted by molar-refractivity contribution is 5.73. The zero-order valence-corrected chi connectivity index (χ0v) is 9.05. The Kier molecular flexibility index (Phi) is 3.76. The van der Waals surface area contributed by atoms with E-state index < -0.39 is 0 Å². The van der Waals surface area contributed by atoms with Crippen molar-refractivity contribution < 1.29 is 4.79 Å². The van der Waals surface area contributed by atoms with E-state index in [2.05, 4.69) is 13.8 Å². The SMILES string of the molecule is CC(=O)N1CCCC(C(C)C)CC1. The Bertz CT molecular complexity index is 177. The number of likely N-dealkylation sites (tertiary alicyclic amines) is 1. The van der Waals surface area contributed by atoms with Gasteiger partial charge in [0.25, 0.3) is 0 Å². The van der Waals surface area contributed by atoms with Gasteiger partial charge < -0.3 is 4.90 Å². The van der Waals surface area contributed by atoms with Gasteiger partial charge in [0.05, 0.1) is 0 Å². The van der Waals surface area contributed by atoms with Crippen molar-refractivity contribution in [1.29, 1.82) is 0 Å². The summed E-state index contributed by atoms with van der Waals surface area (Å²) in [6.07, 6.45) is 3.67. The minimum Gasteiger partial charge on any atom is -0.343 e. The maximum atomic E-state index is 11.2. The van der Waals surface area contributed by atoms with Crippen LogP contribution in [0.3, 0.4) is 0 Å². The molecule has 0 bridgehead atoms. The third kappa shape index (κ3) is 3.02. The lowest BCUT2D eigenvalue weighted by Crippen LogP contribution is -2.29. The fraction of sp³-hybridized carbons (Fsp3) is 0.909. The van der Waals surface area contributed by atoms with Gasteiger partial charge in [-0.3, -0.25) is 4.79 Å². The molecule has 0 radical (unpaired) electrons. The first-order valence-electron chi connectivity index (χ1n) is 5.36. The molecule has 1 aliphatic rings. The molecular formula is C11H21NO. The van der Waals surface area contributed by atoms with Crippen LogP contribution in [0.1, 0.15) is 40.0 Å². The second-order valence-electron chi connectivity index (χ2n) is 4.44. The third-order valence-corrected chi connectivity index (χ3v) is 3.16. The lowest BCUT2D eigenvalue weighted by Gasteiger charge is -2.19. The molecule has 1 amide bonds. The average molecular weight is 183 g/mol. The van der Waals surface area contributed by atoms with Gasteiger partial charge in [-0.25, -0.2) is 0 Å². The smallest absolute Gasteiger partial charge is 0.219 e. The second-order valence-corrected chi connectivity index (χ2v) is 4.44. The van der Waals surface area contributed by atoms with E-state index in [0.29, 0.717) is 0 Å². The number of carbonyl (C=O) groups excluding carboxylic acids is 1. The van der Waals surface area contributed by atoms with E-state index in [1.54, 1.807) is 6.92 Å². The molecule has 0 spiro atoms. The van der Waals surface area contributed by atoms with Crippen molar-refractivity contribution in [2.75, 3.05) is 13.1 Å². The van der Waals surface area contributed by atoms with E-state index in [1.807, 2.05) is 4.90 Å². The summed E-state index contributed by atoms with van der Waals surface area (Å²) < 4.78 is 0. The van der Waals surface area contributed by atoms with Crippen LogP contribution < -0.4 is 0 Å². The molecular weight excluding hydrogens is 162 g/mol. The molecule has 0 aromatic carbocycles. The monoisotopic (exact) mass is 183 g/mol. The second kappa shape index (κ2) is 4.64. The largest absolute Gasteiger partial charge is 0.343 e. The van der Waals surface area contributed by atoms with Gasteiger partial charge in [0.2, 0.25) is 5.91 Å². The molecule has 0 aromatic rings. The van der Waals surface area contributed by atoms with Crippen LogP contribution in [-0.4, -0.2) is 23.9 Å². The minimum atomic E-state index is 0.240. The first-order chi connectivity index (χ1) is 6.11. The van der Waals surface area contributed by atoms with Gasteiger partial charge in [-0.2, -0.15) is 0 Å². The topological polar surface area (TPSA) is 20.3 Å². The molecule has 0 N–H and O–H groups in total. The van der Waals surface area contributed by atoms with Gasteiger partial charge in [-0.1, -0.05) is 13.8 Å². The molecule has 1 atom stereocenters. The number of rotatable bonds is 1. The number of amides is 1. The number of nitrogens with zero attached hydrogens (tertiary/aromatic N) is 1. The van der Waals surface area contributed by atoms with Crippen LogP contribution in [0.25, 0.3) is 0 Å². The molecule has 13 heavy (non-hydrogen) atoms. The van der Waals surface area contributed by atoms with Gasteiger partial charge in [0, 0.05) is 20.0 Å². The average Bonchev–Trinajstić information content (AvgIpc) is 2.27. The third-order valence-electron chi connectivity index (χ3n) is 3.16. The number of hydrogen-bond acceptors (Lipinski definition) is 1. The molecule has 2 heteroatoms. The Morgan fingerprint density at radius 1 is 1.31 bits per heavy atom. The summed E-state index contributed by atoms with van der Waals surface area (Å²) in [4.78, 5) is 13.1. The molecule has 1 rings (SSSR count). The van der Waals surface area contributed by atoms with Gasteiger partial charge in [0.1, 0.15) is 0 Å². The fourth-order valence-electron chi connectivity index (χ4n) is 2.10.